The zero-order valence-electron chi connectivity index (χ0n) is 35.4. The fourth-order valence-corrected chi connectivity index (χ4v) is 8.60. The largest absolute Gasteiger partial charge is 0.416 e. The maximum Gasteiger partial charge on any atom is 0.416 e. The van der Waals surface area contributed by atoms with Gasteiger partial charge in [0, 0.05) is 44.2 Å². The lowest BCUT2D eigenvalue weighted by atomic mass is 9.98. The molecular formula is C57H37F3N6. The molecule has 0 bridgehead atoms. The second-order valence-electron chi connectivity index (χ2n) is 16.1. The summed E-state index contributed by atoms with van der Waals surface area (Å²) in [7, 11) is 0. The maximum atomic E-state index is 14.0. The molecule has 8 aromatic carbocycles. The Balaban J connectivity index is 1.18. The first kappa shape index (κ1) is 40.2. The van der Waals surface area contributed by atoms with Gasteiger partial charge in [-0.15, -0.1) is 0 Å². The first-order chi connectivity index (χ1) is 32.2. The SMILES string of the molecule is Cc1cc(-c2ccc3c(c2)c2ccccc2n3-c2ccc(-c3nc(-c4ccccc4)nc(-c4ccccc4)n3)cc2-c2cc(-c3ccccc3)nc(-c3ccccc3)n2)cc(C(F)(F)F)c1. The summed E-state index contributed by atoms with van der Waals surface area (Å²) < 4.78 is 44.3. The Bertz CT molecular complexity index is 3460. The van der Waals surface area contributed by atoms with E-state index in [1.807, 2.05) is 164 Å². The van der Waals surface area contributed by atoms with Crippen molar-refractivity contribution in [2.45, 2.75) is 13.1 Å². The number of nitrogens with zero attached hydrogens (tertiary/aromatic N) is 6. The van der Waals surface area contributed by atoms with Gasteiger partial charge in [-0.05, 0) is 78.2 Å². The number of halogens is 3. The summed E-state index contributed by atoms with van der Waals surface area (Å²) in [5.41, 5.74) is 10.1. The van der Waals surface area contributed by atoms with E-state index in [4.69, 9.17) is 24.9 Å². The predicted octanol–water partition coefficient (Wildman–Crippen LogP) is 14.8. The van der Waals surface area contributed by atoms with Gasteiger partial charge in [0.15, 0.2) is 23.3 Å². The van der Waals surface area contributed by atoms with Crippen molar-refractivity contribution >= 4 is 21.8 Å². The molecule has 0 saturated carbocycles. The van der Waals surface area contributed by atoms with Crippen LogP contribution in [0.2, 0.25) is 0 Å². The molecule has 9 heteroatoms. The van der Waals surface area contributed by atoms with Crippen LogP contribution in [0.15, 0.2) is 206 Å². The molecule has 0 unspecified atom stereocenters. The Morgan fingerprint density at radius 3 is 1.47 bits per heavy atom. The first-order valence-electron chi connectivity index (χ1n) is 21.5. The van der Waals surface area contributed by atoms with Crippen LogP contribution in [0.1, 0.15) is 11.1 Å². The van der Waals surface area contributed by atoms with Gasteiger partial charge in [0.2, 0.25) is 0 Å². The molecule has 0 aliphatic heterocycles. The third-order valence-electron chi connectivity index (χ3n) is 11.7. The van der Waals surface area contributed by atoms with Crippen LogP contribution in [-0.4, -0.2) is 29.5 Å². The number of fused-ring (bicyclic) bond motifs is 3. The molecular weight excluding hydrogens is 826 g/mol. The van der Waals surface area contributed by atoms with Gasteiger partial charge in [-0.1, -0.05) is 152 Å². The fraction of sp³-hybridized carbons (Fsp3) is 0.0351. The zero-order valence-corrected chi connectivity index (χ0v) is 35.4. The summed E-state index contributed by atoms with van der Waals surface area (Å²) in [5.74, 6) is 2.13. The van der Waals surface area contributed by atoms with Crippen LogP contribution in [0, 0.1) is 6.92 Å². The number of alkyl halides is 3. The van der Waals surface area contributed by atoms with Gasteiger partial charge >= 0.3 is 6.18 Å². The standard InChI is InChI=1S/C57H37F3N6/c1-36-30-43(32-44(31-36)57(58,59)60)41-26-28-51-46(33-41)45-24-14-15-25-50(45)66(51)52-29-27-42(56-64-54(39-20-10-4-11-21-39)63-55(65-56)40-22-12-5-13-23-40)34-47(52)49-35-48(37-16-6-2-7-17-37)61-53(62-49)38-18-8-3-9-19-38/h2-35H,1H3. The van der Waals surface area contributed by atoms with Crippen molar-refractivity contribution in [2.75, 3.05) is 0 Å². The van der Waals surface area contributed by atoms with Gasteiger partial charge in [-0.2, -0.15) is 13.2 Å². The van der Waals surface area contributed by atoms with Crippen LogP contribution in [0.5, 0.6) is 0 Å². The van der Waals surface area contributed by atoms with Crippen LogP contribution >= 0.6 is 0 Å². The van der Waals surface area contributed by atoms with Gasteiger partial charge in [-0.25, -0.2) is 24.9 Å². The van der Waals surface area contributed by atoms with Gasteiger partial charge < -0.3 is 4.57 Å². The summed E-state index contributed by atoms with van der Waals surface area (Å²) in [6, 6.07) is 66.1. The normalized spacial score (nSPS) is 11.6. The second kappa shape index (κ2) is 16.5. The van der Waals surface area contributed by atoms with E-state index in [9.17, 15) is 13.2 Å². The van der Waals surface area contributed by atoms with E-state index in [2.05, 4.69) is 28.8 Å². The predicted molar refractivity (Wildman–Crippen MR) is 258 cm³/mol. The molecule has 3 heterocycles. The Hall–Kier alpha value is -8.56. The van der Waals surface area contributed by atoms with E-state index in [0.717, 1.165) is 66.6 Å². The third-order valence-corrected chi connectivity index (χ3v) is 11.7. The minimum Gasteiger partial charge on any atom is -0.309 e. The van der Waals surface area contributed by atoms with Gasteiger partial charge in [-0.3, -0.25) is 0 Å². The summed E-state index contributed by atoms with van der Waals surface area (Å²) in [4.78, 5) is 25.5. The number of para-hydroxylation sites is 1. The van der Waals surface area contributed by atoms with E-state index in [1.54, 1.807) is 13.0 Å². The van der Waals surface area contributed by atoms with E-state index >= 15 is 0 Å². The first-order valence-corrected chi connectivity index (χ1v) is 21.5. The van der Waals surface area contributed by atoms with E-state index in [1.165, 1.54) is 12.1 Å². The van der Waals surface area contributed by atoms with E-state index < -0.39 is 11.7 Å². The topological polar surface area (TPSA) is 69.4 Å². The van der Waals surface area contributed by atoms with Crippen LogP contribution in [-0.2, 0) is 6.18 Å². The molecule has 0 fully saturated rings. The zero-order chi connectivity index (χ0) is 44.8. The van der Waals surface area contributed by atoms with Crippen molar-refractivity contribution in [1.82, 2.24) is 29.5 Å². The molecule has 6 nitrogen and oxygen atoms in total. The highest BCUT2D eigenvalue weighted by Crippen LogP contribution is 2.41. The molecule has 3 aromatic heterocycles. The molecule has 0 aliphatic rings. The highest BCUT2D eigenvalue weighted by atomic mass is 19.4. The molecule has 316 valence electrons. The van der Waals surface area contributed by atoms with Gasteiger partial charge in [0.1, 0.15) is 0 Å². The van der Waals surface area contributed by atoms with Crippen molar-refractivity contribution in [1.29, 1.82) is 0 Å². The molecule has 0 atom stereocenters. The Morgan fingerprint density at radius 1 is 0.364 bits per heavy atom. The lowest BCUT2D eigenvalue weighted by Gasteiger charge is -2.17. The van der Waals surface area contributed by atoms with Crippen LogP contribution in [0.25, 0.3) is 107 Å². The molecule has 0 aliphatic carbocycles. The number of benzene rings is 8. The van der Waals surface area contributed by atoms with Crippen LogP contribution in [0.3, 0.4) is 0 Å². The average molecular weight is 863 g/mol. The number of aromatic nitrogens is 6. The third kappa shape index (κ3) is 7.66. The molecule has 0 amide bonds. The van der Waals surface area contributed by atoms with Crippen molar-refractivity contribution in [3.8, 4) is 84.9 Å². The van der Waals surface area contributed by atoms with Crippen LogP contribution < -0.4 is 0 Å². The summed E-state index contributed by atoms with van der Waals surface area (Å²) >= 11 is 0. The van der Waals surface area contributed by atoms with Crippen molar-refractivity contribution in [3.05, 3.63) is 217 Å². The van der Waals surface area contributed by atoms with Crippen LogP contribution in [0.4, 0.5) is 13.2 Å². The molecule has 0 saturated heterocycles. The number of aryl methyl sites for hydroxylation is 1. The highest BCUT2D eigenvalue weighted by molar-refractivity contribution is 6.11. The minimum atomic E-state index is -4.47. The summed E-state index contributed by atoms with van der Waals surface area (Å²) in [6.45, 7) is 1.69. The summed E-state index contributed by atoms with van der Waals surface area (Å²) in [5, 5.41) is 1.84. The lowest BCUT2D eigenvalue weighted by Crippen LogP contribution is -2.05. The number of rotatable bonds is 8. The second-order valence-corrected chi connectivity index (χ2v) is 16.1. The van der Waals surface area contributed by atoms with Crippen molar-refractivity contribution in [2.24, 2.45) is 0 Å². The Labute approximate surface area is 378 Å². The van der Waals surface area contributed by atoms with Crippen molar-refractivity contribution < 1.29 is 13.2 Å². The molecule has 11 rings (SSSR count). The summed E-state index contributed by atoms with van der Waals surface area (Å²) in [6.07, 6.45) is -4.47. The smallest absolute Gasteiger partial charge is 0.309 e. The van der Waals surface area contributed by atoms with E-state index in [-0.39, 0.29) is 0 Å². The maximum absolute atomic E-state index is 14.0. The number of hydrogen-bond donors (Lipinski definition) is 0. The average Bonchev–Trinajstić information content (AvgIpc) is 3.70. The molecule has 11 aromatic rings. The van der Waals surface area contributed by atoms with E-state index in [0.29, 0.717) is 45.7 Å². The quantitative estimate of drug-likeness (QED) is 0.152. The molecule has 0 N–H and O–H groups in total. The lowest BCUT2D eigenvalue weighted by molar-refractivity contribution is -0.137. The molecule has 0 radical (unpaired) electrons. The van der Waals surface area contributed by atoms with Gasteiger partial charge in [0.25, 0.3) is 0 Å². The minimum absolute atomic E-state index is 0.486. The monoisotopic (exact) mass is 862 g/mol. The number of hydrogen-bond acceptors (Lipinski definition) is 5. The molecule has 66 heavy (non-hydrogen) atoms. The van der Waals surface area contributed by atoms with Crippen molar-refractivity contribution in [3.63, 3.8) is 0 Å². The van der Waals surface area contributed by atoms with Gasteiger partial charge in [0.05, 0.1) is 33.7 Å². The highest BCUT2D eigenvalue weighted by Gasteiger charge is 2.31. The Kier molecular flexibility index (Phi) is 10.1. The Morgan fingerprint density at radius 2 is 0.864 bits per heavy atom. The fourth-order valence-electron chi connectivity index (χ4n) is 8.60. The molecule has 0 spiro atoms.